The van der Waals surface area contributed by atoms with Crippen molar-refractivity contribution in [2.24, 2.45) is 28.6 Å². The first-order valence-electron chi connectivity index (χ1n) is 14.9. The molecular formula is C35H42O6. The van der Waals surface area contributed by atoms with E-state index in [1.165, 1.54) is 25.0 Å². The number of esters is 1. The molecule has 0 amide bonds. The zero-order chi connectivity index (χ0) is 29.4. The minimum atomic E-state index is -0.157. The van der Waals surface area contributed by atoms with Crippen LogP contribution < -0.4 is 0 Å². The number of Topliss-reactive ketones (excluding diaryl/α,β-unsaturated/α-hetero) is 1. The summed E-state index contributed by atoms with van der Waals surface area (Å²) < 4.78 is 5.50. The first-order valence-corrected chi connectivity index (χ1v) is 14.9. The summed E-state index contributed by atoms with van der Waals surface area (Å²) in [6.07, 6.45) is 14.4. The number of ether oxygens (including phenoxy) is 1. The van der Waals surface area contributed by atoms with E-state index in [1.54, 1.807) is 42.5 Å². The molecule has 2 aromatic carbocycles. The van der Waals surface area contributed by atoms with Crippen LogP contribution in [-0.2, 0) is 14.3 Å². The molecule has 0 saturated heterocycles. The maximum absolute atomic E-state index is 12.4. The normalized spacial score (nSPS) is 32.2. The summed E-state index contributed by atoms with van der Waals surface area (Å²) in [5.41, 5.74) is 3.36. The number of phenols is 3. The molecule has 6 nitrogen and oxygen atoms in total. The molecule has 6 atom stereocenters. The van der Waals surface area contributed by atoms with Crippen LogP contribution in [0.1, 0.15) is 83.3 Å². The summed E-state index contributed by atoms with van der Waals surface area (Å²) >= 11 is 0. The SMILES string of the molecule is CC(=O)OC1CCC2(C)C(=CCC3C4CCC(=O)C4(C)CCC32)C1.Oc1ccc(C=Cc2cc(O)cc(O)c2)cc1. The van der Waals surface area contributed by atoms with Crippen molar-refractivity contribution in [1.82, 2.24) is 0 Å². The molecule has 0 spiro atoms. The van der Waals surface area contributed by atoms with Gasteiger partial charge >= 0.3 is 5.97 Å². The lowest BCUT2D eigenvalue weighted by Gasteiger charge is -2.56. The van der Waals surface area contributed by atoms with E-state index in [2.05, 4.69) is 19.9 Å². The molecule has 3 N–H and O–H groups in total. The van der Waals surface area contributed by atoms with Crippen molar-refractivity contribution >= 4 is 23.9 Å². The molecule has 6 heteroatoms. The van der Waals surface area contributed by atoms with E-state index >= 15 is 0 Å². The Balaban J connectivity index is 0.000000175. The lowest BCUT2D eigenvalue weighted by atomic mass is 9.48. The Bertz CT molecular complexity index is 1340. The lowest BCUT2D eigenvalue weighted by molar-refractivity contribution is -0.148. The highest BCUT2D eigenvalue weighted by atomic mass is 16.5. The molecule has 6 rings (SSSR count). The largest absolute Gasteiger partial charge is 0.508 e. The van der Waals surface area contributed by atoms with E-state index in [-0.39, 0.29) is 40.2 Å². The van der Waals surface area contributed by atoms with Gasteiger partial charge in [0, 0.05) is 31.2 Å². The van der Waals surface area contributed by atoms with Gasteiger partial charge in [-0.05, 0) is 97.1 Å². The quantitative estimate of drug-likeness (QED) is 0.206. The first-order chi connectivity index (χ1) is 19.5. The average molecular weight is 559 g/mol. The number of aromatic hydroxyl groups is 3. The second-order valence-electron chi connectivity index (χ2n) is 12.9. The zero-order valence-electron chi connectivity index (χ0n) is 24.3. The number of ketones is 1. The number of fused-ring (bicyclic) bond motifs is 5. The van der Waals surface area contributed by atoms with E-state index in [0.717, 1.165) is 50.5 Å². The fourth-order valence-electron chi connectivity index (χ4n) is 8.23. The number of carbonyl (C=O) groups is 2. The maximum Gasteiger partial charge on any atom is 0.302 e. The van der Waals surface area contributed by atoms with Crippen LogP contribution in [0, 0.1) is 28.6 Å². The predicted molar refractivity (Wildman–Crippen MR) is 159 cm³/mol. The zero-order valence-corrected chi connectivity index (χ0v) is 24.3. The summed E-state index contributed by atoms with van der Waals surface area (Å²) in [4.78, 5) is 23.7. The molecule has 3 saturated carbocycles. The Morgan fingerprint density at radius 3 is 2.17 bits per heavy atom. The molecule has 3 fully saturated rings. The molecule has 4 aliphatic rings. The van der Waals surface area contributed by atoms with Crippen molar-refractivity contribution in [3.63, 3.8) is 0 Å². The Morgan fingerprint density at radius 1 is 0.854 bits per heavy atom. The van der Waals surface area contributed by atoms with Gasteiger partial charge in [-0.1, -0.05) is 49.8 Å². The lowest BCUT2D eigenvalue weighted by Crippen LogP contribution is -2.50. The van der Waals surface area contributed by atoms with Crippen molar-refractivity contribution < 1.29 is 29.6 Å². The highest BCUT2D eigenvalue weighted by Gasteiger charge is 2.58. The van der Waals surface area contributed by atoms with Crippen molar-refractivity contribution in [1.29, 1.82) is 0 Å². The molecule has 2 aromatic rings. The van der Waals surface area contributed by atoms with Gasteiger partial charge < -0.3 is 20.1 Å². The highest BCUT2D eigenvalue weighted by Crippen LogP contribution is 2.64. The molecule has 41 heavy (non-hydrogen) atoms. The Hall–Kier alpha value is -3.54. The van der Waals surface area contributed by atoms with E-state index in [4.69, 9.17) is 9.84 Å². The van der Waals surface area contributed by atoms with Gasteiger partial charge in [-0.2, -0.15) is 0 Å². The summed E-state index contributed by atoms with van der Waals surface area (Å²) in [5, 5.41) is 27.7. The smallest absolute Gasteiger partial charge is 0.302 e. The molecule has 4 aliphatic carbocycles. The molecular weight excluding hydrogens is 516 g/mol. The minimum absolute atomic E-state index is 0.0235. The van der Waals surface area contributed by atoms with Crippen LogP contribution in [0.3, 0.4) is 0 Å². The van der Waals surface area contributed by atoms with Crippen LogP contribution in [0.2, 0.25) is 0 Å². The third-order valence-corrected chi connectivity index (χ3v) is 10.4. The molecule has 0 radical (unpaired) electrons. The van der Waals surface area contributed by atoms with Crippen LogP contribution in [0.25, 0.3) is 12.2 Å². The van der Waals surface area contributed by atoms with Gasteiger partial charge in [0.05, 0.1) is 0 Å². The Labute approximate surface area is 242 Å². The van der Waals surface area contributed by atoms with Gasteiger partial charge in [0.1, 0.15) is 29.1 Å². The first kappa shape index (κ1) is 29.0. The number of hydrogen-bond donors (Lipinski definition) is 3. The topological polar surface area (TPSA) is 104 Å². The Kier molecular flexibility index (Phi) is 8.04. The van der Waals surface area contributed by atoms with E-state index < -0.39 is 0 Å². The third kappa shape index (κ3) is 5.93. The Morgan fingerprint density at radius 2 is 1.49 bits per heavy atom. The summed E-state index contributed by atoms with van der Waals surface area (Å²) in [6.45, 7) is 6.19. The third-order valence-electron chi connectivity index (χ3n) is 10.4. The molecule has 0 bridgehead atoms. The fraction of sp³-hybridized carbons (Fsp3) is 0.486. The van der Waals surface area contributed by atoms with Crippen LogP contribution >= 0.6 is 0 Å². The second kappa shape index (κ2) is 11.4. The van der Waals surface area contributed by atoms with E-state index in [1.807, 2.05) is 6.08 Å². The highest BCUT2D eigenvalue weighted by molar-refractivity contribution is 5.87. The van der Waals surface area contributed by atoms with Crippen LogP contribution in [0.4, 0.5) is 0 Å². The van der Waals surface area contributed by atoms with Gasteiger partial charge in [0.2, 0.25) is 0 Å². The average Bonchev–Trinajstić information content (AvgIpc) is 3.22. The standard InChI is InChI=1S/C21H30O3.C14H12O3/c1-13(22)24-15-8-10-20(2)14(12-15)4-5-16-17-6-7-19(23)21(17,3)11-9-18(16)20;15-12-5-3-10(4-6-12)1-2-11-7-13(16)9-14(17)8-11/h4,15-18H,5-12H2,1-3H3;1-9,15-17H. The van der Waals surface area contributed by atoms with Gasteiger partial charge in [0.25, 0.3) is 0 Å². The maximum atomic E-state index is 12.4. The monoisotopic (exact) mass is 558 g/mol. The van der Waals surface area contributed by atoms with Crippen molar-refractivity contribution in [3.8, 4) is 17.2 Å². The van der Waals surface area contributed by atoms with Crippen LogP contribution in [0.15, 0.2) is 54.1 Å². The summed E-state index contributed by atoms with van der Waals surface area (Å²) in [7, 11) is 0. The van der Waals surface area contributed by atoms with Gasteiger partial charge in [0.15, 0.2) is 0 Å². The summed E-state index contributed by atoms with van der Waals surface area (Å²) in [6, 6.07) is 11.1. The molecule has 6 unspecified atom stereocenters. The number of carbonyl (C=O) groups excluding carboxylic acids is 2. The van der Waals surface area contributed by atoms with E-state index in [0.29, 0.717) is 29.1 Å². The number of hydrogen-bond acceptors (Lipinski definition) is 6. The van der Waals surface area contributed by atoms with E-state index in [9.17, 15) is 19.8 Å². The predicted octanol–water partition coefficient (Wildman–Crippen LogP) is 7.42. The molecule has 0 heterocycles. The minimum Gasteiger partial charge on any atom is -0.508 e. The van der Waals surface area contributed by atoms with Crippen LogP contribution in [-0.4, -0.2) is 33.2 Å². The number of allylic oxidation sites excluding steroid dienone is 1. The molecule has 218 valence electrons. The molecule has 0 aromatic heterocycles. The second-order valence-corrected chi connectivity index (χ2v) is 12.9. The number of benzene rings is 2. The van der Waals surface area contributed by atoms with Gasteiger partial charge in [-0.15, -0.1) is 0 Å². The molecule has 0 aliphatic heterocycles. The fourth-order valence-corrected chi connectivity index (χ4v) is 8.23. The summed E-state index contributed by atoms with van der Waals surface area (Å²) in [5.74, 6) is 2.60. The van der Waals surface area contributed by atoms with Crippen molar-refractivity contribution in [3.05, 3.63) is 65.2 Å². The van der Waals surface area contributed by atoms with Crippen LogP contribution in [0.5, 0.6) is 17.2 Å². The van der Waals surface area contributed by atoms with Crippen molar-refractivity contribution in [2.75, 3.05) is 0 Å². The van der Waals surface area contributed by atoms with Gasteiger partial charge in [-0.25, -0.2) is 0 Å². The van der Waals surface area contributed by atoms with Gasteiger partial charge in [-0.3, -0.25) is 9.59 Å². The number of phenolic OH excluding ortho intramolecular Hbond substituents is 3. The number of rotatable bonds is 3. The van der Waals surface area contributed by atoms with Crippen molar-refractivity contribution in [2.45, 2.75) is 78.2 Å².